The summed E-state index contributed by atoms with van der Waals surface area (Å²) in [5, 5.41) is 5.36. The van der Waals surface area contributed by atoms with Crippen molar-refractivity contribution in [1.29, 1.82) is 0 Å². The number of aryl methyl sites for hydroxylation is 1. The third kappa shape index (κ3) is 3.72. The van der Waals surface area contributed by atoms with Gasteiger partial charge in [-0.15, -0.1) is 0 Å². The fourth-order valence-electron chi connectivity index (χ4n) is 3.97. The zero-order valence-electron chi connectivity index (χ0n) is 16.6. The highest BCUT2D eigenvalue weighted by atomic mass is 35.5. The molecule has 0 N–H and O–H groups in total. The number of benzene rings is 1. The minimum Gasteiger partial charge on any atom is -0.378 e. The molecule has 7 heteroatoms. The van der Waals surface area contributed by atoms with Crippen LogP contribution in [-0.2, 0) is 24.9 Å². The second kappa shape index (κ2) is 8.07. The monoisotopic (exact) mass is 399 g/mol. The fourth-order valence-corrected chi connectivity index (χ4v) is 4.13. The number of halogens is 1. The van der Waals surface area contributed by atoms with Gasteiger partial charge < -0.3 is 9.30 Å². The van der Waals surface area contributed by atoms with Crippen molar-refractivity contribution in [3.63, 3.8) is 0 Å². The van der Waals surface area contributed by atoms with Gasteiger partial charge in [-0.3, -0.25) is 9.58 Å². The Bertz CT molecular complexity index is 949. The Labute approximate surface area is 170 Å². The van der Waals surface area contributed by atoms with E-state index in [2.05, 4.69) is 52.7 Å². The lowest BCUT2D eigenvalue weighted by Crippen LogP contribution is -2.39. The molecule has 1 atom stereocenters. The van der Waals surface area contributed by atoms with Gasteiger partial charge in [-0.05, 0) is 31.0 Å². The van der Waals surface area contributed by atoms with Gasteiger partial charge in [-0.25, -0.2) is 4.98 Å². The Morgan fingerprint density at radius 2 is 1.96 bits per heavy atom. The third-order valence-corrected chi connectivity index (χ3v) is 5.93. The van der Waals surface area contributed by atoms with Crippen molar-refractivity contribution in [1.82, 2.24) is 24.2 Å². The summed E-state index contributed by atoms with van der Waals surface area (Å²) in [6, 6.07) is 10.6. The number of hydrogen-bond donors (Lipinski definition) is 0. The Kier molecular flexibility index (Phi) is 5.53. The van der Waals surface area contributed by atoms with Gasteiger partial charge in [-0.2, -0.15) is 5.10 Å². The molecule has 3 aromatic rings. The predicted molar refractivity (Wildman–Crippen MR) is 109 cm³/mol. The van der Waals surface area contributed by atoms with Crippen LogP contribution in [0.4, 0.5) is 0 Å². The first-order valence-corrected chi connectivity index (χ1v) is 9.98. The number of ether oxygens (including phenoxy) is 1. The molecular formula is C21H26ClN5O. The molecule has 1 unspecified atom stereocenters. The van der Waals surface area contributed by atoms with Gasteiger partial charge in [0.15, 0.2) is 0 Å². The Morgan fingerprint density at radius 3 is 2.68 bits per heavy atom. The highest BCUT2D eigenvalue weighted by molar-refractivity contribution is 6.28. The van der Waals surface area contributed by atoms with Crippen LogP contribution in [0.2, 0.25) is 5.28 Å². The van der Waals surface area contributed by atoms with Crippen LogP contribution < -0.4 is 0 Å². The van der Waals surface area contributed by atoms with E-state index in [1.165, 1.54) is 16.8 Å². The van der Waals surface area contributed by atoms with Crippen LogP contribution in [0.25, 0.3) is 0 Å². The van der Waals surface area contributed by atoms with Crippen molar-refractivity contribution in [2.24, 2.45) is 7.05 Å². The number of nitrogens with zero attached hydrogens (tertiary/aromatic N) is 5. The molecule has 0 amide bonds. The summed E-state index contributed by atoms with van der Waals surface area (Å²) in [5.74, 6) is 0. The quantitative estimate of drug-likeness (QED) is 0.658. The molecule has 3 heterocycles. The average Bonchev–Trinajstić information content (AvgIpc) is 3.16. The van der Waals surface area contributed by atoms with Crippen LogP contribution in [0.5, 0.6) is 0 Å². The third-order valence-electron chi connectivity index (χ3n) is 5.58. The molecule has 0 saturated carbocycles. The van der Waals surface area contributed by atoms with Crippen LogP contribution in [-0.4, -0.2) is 44.0 Å². The standard InChI is InChI=1S/C21H26ClN5O/c1-15-20(16(2)27(24-15)12-17-7-5-4-6-8-17)19-14-28-10-9-26(19)13-18-11-23-21(22)25(18)3/h4-8,11,19H,9-10,12-14H2,1-3H3. The van der Waals surface area contributed by atoms with E-state index in [4.69, 9.17) is 21.4 Å². The van der Waals surface area contributed by atoms with Gasteiger partial charge in [0, 0.05) is 31.4 Å². The summed E-state index contributed by atoms with van der Waals surface area (Å²) in [7, 11) is 1.95. The number of morpholine rings is 1. The van der Waals surface area contributed by atoms with Crippen LogP contribution in [0.1, 0.15) is 34.3 Å². The normalized spacial score (nSPS) is 17.9. The first-order valence-electron chi connectivity index (χ1n) is 9.60. The zero-order chi connectivity index (χ0) is 19.7. The molecule has 1 saturated heterocycles. The van der Waals surface area contributed by atoms with E-state index in [1.807, 2.05) is 23.9 Å². The molecule has 1 aliphatic heterocycles. The first kappa shape index (κ1) is 19.2. The molecule has 4 rings (SSSR count). The summed E-state index contributed by atoms with van der Waals surface area (Å²) in [6.07, 6.45) is 1.85. The van der Waals surface area contributed by atoms with Crippen molar-refractivity contribution in [3.05, 3.63) is 70.0 Å². The maximum absolute atomic E-state index is 6.13. The Balaban J connectivity index is 1.61. The predicted octanol–water partition coefficient (Wildman–Crippen LogP) is 3.51. The molecule has 28 heavy (non-hydrogen) atoms. The Morgan fingerprint density at radius 1 is 1.18 bits per heavy atom. The van der Waals surface area contributed by atoms with E-state index in [9.17, 15) is 0 Å². The molecule has 148 valence electrons. The summed E-state index contributed by atoms with van der Waals surface area (Å²) in [4.78, 5) is 6.66. The molecule has 1 aromatic carbocycles. The van der Waals surface area contributed by atoms with Crippen molar-refractivity contribution in [3.8, 4) is 0 Å². The highest BCUT2D eigenvalue weighted by Gasteiger charge is 2.30. The lowest BCUT2D eigenvalue weighted by atomic mass is 10.0. The number of hydrogen-bond acceptors (Lipinski definition) is 4. The summed E-state index contributed by atoms with van der Waals surface area (Å²) < 4.78 is 9.89. The summed E-state index contributed by atoms with van der Waals surface area (Å²) >= 11 is 6.13. The smallest absolute Gasteiger partial charge is 0.202 e. The minimum absolute atomic E-state index is 0.173. The molecule has 1 aliphatic rings. The van der Waals surface area contributed by atoms with E-state index in [-0.39, 0.29) is 6.04 Å². The number of imidazole rings is 1. The summed E-state index contributed by atoms with van der Waals surface area (Å²) in [5.41, 5.74) is 5.88. The van der Waals surface area contributed by atoms with Crippen molar-refractivity contribution < 1.29 is 4.74 Å². The van der Waals surface area contributed by atoms with Crippen molar-refractivity contribution >= 4 is 11.6 Å². The maximum Gasteiger partial charge on any atom is 0.202 e. The van der Waals surface area contributed by atoms with E-state index < -0.39 is 0 Å². The second-order valence-electron chi connectivity index (χ2n) is 7.37. The summed E-state index contributed by atoms with van der Waals surface area (Å²) in [6.45, 7) is 8.09. The fraction of sp³-hybridized carbons (Fsp3) is 0.429. The SMILES string of the molecule is Cc1nn(Cc2ccccc2)c(C)c1C1COCCN1Cc1cnc(Cl)n1C. The van der Waals surface area contributed by atoms with Gasteiger partial charge in [0.25, 0.3) is 0 Å². The molecule has 0 radical (unpaired) electrons. The largest absolute Gasteiger partial charge is 0.378 e. The van der Waals surface area contributed by atoms with Crippen LogP contribution in [0.15, 0.2) is 36.5 Å². The molecule has 0 spiro atoms. The van der Waals surface area contributed by atoms with Crippen molar-refractivity contribution in [2.75, 3.05) is 19.8 Å². The van der Waals surface area contributed by atoms with Gasteiger partial charge in [0.1, 0.15) is 0 Å². The van der Waals surface area contributed by atoms with Gasteiger partial charge >= 0.3 is 0 Å². The van der Waals surface area contributed by atoms with E-state index in [1.54, 1.807) is 0 Å². The lowest BCUT2D eigenvalue weighted by molar-refractivity contribution is -0.0140. The van der Waals surface area contributed by atoms with Gasteiger partial charge in [0.2, 0.25) is 5.28 Å². The van der Waals surface area contributed by atoms with Crippen molar-refractivity contribution in [2.45, 2.75) is 33.0 Å². The lowest BCUT2D eigenvalue weighted by Gasteiger charge is -2.36. The molecule has 0 bridgehead atoms. The Hall–Kier alpha value is -2.15. The molecular weight excluding hydrogens is 374 g/mol. The van der Waals surface area contributed by atoms with E-state index >= 15 is 0 Å². The maximum atomic E-state index is 6.13. The van der Waals surface area contributed by atoms with Gasteiger partial charge in [-0.1, -0.05) is 30.3 Å². The number of aromatic nitrogens is 4. The van der Waals surface area contributed by atoms with Crippen LogP contribution in [0, 0.1) is 13.8 Å². The molecule has 2 aromatic heterocycles. The molecule has 0 aliphatic carbocycles. The highest BCUT2D eigenvalue weighted by Crippen LogP contribution is 2.31. The first-order chi connectivity index (χ1) is 13.5. The van der Waals surface area contributed by atoms with E-state index in [0.29, 0.717) is 11.9 Å². The molecule has 1 fully saturated rings. The number of rotatable bonds is 5. The van der Waals surface area contributed by atoms with E-state index in [0.717, 1.165) is 37.6 Å². The molecule has 6 nitrogen and oxygen atoms in total. The topological polar surface area (TPSA) is 48.1 Å². The van der Waals surface area contributed by atoms with Gasteiger partial charge in [0.05, 0.1) is 43.4 Å². The second-order valence-corrected chi connectivity index (χ2v) is 7.70. The van der Waals surface area contributed by atoms with Crippen LogP contribution >= 0.6 is 11.6 Å². The average molecular weight is 400 g/mol. The minimum atomic E-state index is 0.173. The van der Waals surface area contributed by atoms with Crippen LogP contribution in [0.3, 0.4) is 0 Å². The zero-order valence-corrected chi connectivity index (χ0v) is 17.4.